The number of thiocarbonyl (C=S) groups is 1. The van der Waals surface area contributed by atoms with Crippen LogP contribution in [0, 0.1) is 0 Å². The van der Waals surface area contributed by atoms with Crippen LogP contribution in [0.4, 0.5) is 5.69 Å². The maximum absolute atomic E-state index is 11.9. The molecule has 0 aromatic heterocycles. The molecule has 1 fully saturated rings. The van der Waals surface area contributed by atoms with Gasteiger partial charge in [-0.3, -0.25) is 9.69 Å². The maximum Gasteiger partial charge on any atom is 0.324 e. The Hall–Kier alpha value is -1.11. The van der Waals surface area contributed by atoms with Crippen molar-refractivity contribution in [3.63, 3.8) is 0 Å². The molecule has 1 heterocycles. The van der Waals surface area contributed by atoms with Crippen LogP contribution in [-0.2, 0) is 9.53 Å². The van der Waals surface area contributed by atoms with E-state index in [9.17, 15) is 9.90 Å². The molecular weight excluding hydrogens is 282 g/mol. The van der Waals surface area contributed by atoms with Crippen LogP contribution < -0.4 is 4.90 Å². The van der Waals surface area contributed by atoms with Crippen molar-refractivity contribution in [1.29, 1.82) is 0 Å². The van der Waals surface area contributed by atoms with Gasteiger partial charge in [-0.15, -0.1) is 0 Å². The summed E-state index contributed by atoms with van der Waals surface area (Å²) < 4.78 is 5.45. The van der Waals surface area contributed by atoms with Crippen molar-refractivity contribution in [1.82, 2.24) is 0 Å². The fraction of sp³-hybridized carbons (Fsp3) is 0.385. The highest BCUT2D eigenvalue weighted by Gasteiger charge is 2.52. The molecule has 1 N–H and O–H groups in total. The number of rotatable bonds is 3. The van der Waals surface area contributed by atoms with E-state index in [1.165, 1.54) is 0 Å². The Balaban J connectivity index is 2.32. The average molecular weight is 297 g/mol. The number of hydrogen-bond donors (Lipinski definition) is 1. The average Bonchev–Trinajstić information content (AvgIpc) is 2.60. The standard InChI is InChI=1S/C13H15NO3S2/c1-3-17-11(15)10-13(2,16)14(12(18)19-10)9-7-5-4-6-8-9/h4-8,10,16H,3H2,1-2H3. The largest absolute Gasteiger partial charge is 0.465 e. The number of benzene rings is 1. The number of esters is 1. The molecule has 2 atom stereocenters. The van der Waals surface area contributed by atoms with Crippen molar-refractivity contribution in [2.24, 2.45) is 0 Å². The Kier molecular flexibility index (Phi) is 4.13. The molecule has 102 valence electrons. The summed E-state index contributed by atoms with van der Waals surface area (Å²) in [5, 5.41) is 9.92. The molecule has 1 saturated heterocycles. The van der Waals surface area contributed by atoms with Gasteiger partial charge in [0, 0.05) is 5.69 Å². The van der Waals surface area contributed by atoms with Gasteiger partial charge < -0.3 is 9.84 Å². The lowest BCUT2D eigenvalue weighted by Crippen LogP contribution is -2.51. The fourth-order valence-corrected chi connectivity index (χ4v) is 3.67. The first kappa shape index (κ1) is 14.3. The second-order valence-corrected chi connectivity index (χ2v) is 6.02. The van der Waals surface area contributed by atoms with Gasteiger partial charge in [0.25, 0.3) is 0 Å². The summed E-state index contributed by atoms with van der Waals surface area (Å²) >= 11 is 6.43. The molecule has 0 saturated carbocycles. The Morgan fingerprint density at radius 2 is 2.16 bits per heavy atom. The lowest BCUT2D eigenvalue weighted by molar-refractivity contribution is -0.146. The molecule has 0 radical (unpaired) electrons. The Morgan fingerprint density at radius 3 is 2.74 bits per heavy atom. The number of ether oxygens (including phenoxy) is 1. The number of thioether (sulfide) groups is 1. The van der Waals surface area contributed by atoms with E-state index in [2.05, 4.69) is 0 Å². The minimum absolute atomic E-state index is 0.282. The molecule has 0 bridgehead atoms. The first-order valence-electron chi connectivity index (χ1n) is 5.93. The lowest BCUT2D eigenvalue weighted by Gasteiger charge is -2.33. The van der Waals surface area contributed by atoms with Gasteiger partial charge in [0.05, 0.1) is 6.61 Å². The molecule has 0 aliphatic carbocycles. The molecule has 2 rings (SSSR count). The highest BCUT2D eigenvalue weighted by atomic mass is 32.2. The first-order valence-corrected chi connectivity index (χ1v) is 7.22. The monoisotopic (exact) mass is 297 g/mol. The number of nitrogens with zero attached hydrogens (tertiary/aromatic N) is 1. The van der Waals surface area contributed by atoms with Gasteiger partial charge in [-0.25, -0.2) is 0 Å². The summed E-state index contributed by atoms with van der Waals surface area (Å²) in [6.45, 7) is 3.59. The molecule has 1 aliphatic heterocycles. The zero-order chi connectivity index (χ0) is 14.0. The number of anilines is 1. The summed E-state index contributed by atoms with van der Waals surface area (Å²) in [5.41, 5.74) is -0.633. The van der Waals surface area contributed by atoms with Gasteiger partial charge in [0.15, 0.2) is 11.0 Å². The predicted octanol–water partition coefficient (Wildman–Crippen LogP) is 2.16. The summed E-state index contributed by atoms with van der Waals surface area (Å²) in [6.07, 6.45) is 0. The summed E-state index contributed by atoms with van der Waals surface area (Å²) in [6, 6.07) is 9.28. The molecule has 1 aromatic rings. The zero-order valence-electron chi connectivity index (χ0n) is 10.7. The molecule has 2 unspecified atom stereocenters. The second-order valence-electron chi connectivity index (χ2n) is 4.28. The molecule has 4 nitrogen and oxygen atoms in total. The molecule has 0 spiro atoms. The van der Waals surface area contributed by atoms with E-state index in [1.54, 1.807) is 18.7 Å². The van der Waals surface area contributed by atoms with Crippen LogP contribution in [0.5, 0.6) is 0 Å². The predicted molar refractivity (Wildman–Crippen MR) is 80.2 cm³/mol. The third-order valence-corrected chi connectivity index (χ3v) is 4.60. The van der Waals surface area contributed by atoms with Crippen LogP contribution >= 0.6 is 24.0 Å². The fourth-order valence-electron chi connectivity index (χ4n) is 2.00. The second kappa shape index (κ2) is 5.48. The van der Waals surface area contributed by atoms with Crippen molar-refractivity contribution in [2.75, 3.05) is 11.5 Å². The topological polar surface area (TPSA) is 49.8 Å². The van der Waals surface area contributed by atoms with E-state index in [0.717, 1.165) is 17.4 Å². The smallest absolute Gasteiger partial charge is 0.324 e. The van der Waals surface area contributed by atoms with E-state index in [-0.39, 0.29) is 6.61 Å². The van der Waals surface area contributed by atoms with Crippen molar-refractivity contribution in [3.05, 3.63) is 30.3 Å². The zero-order valence-corrected chi connectivity index (χ0v) is 12.3. The number of carbonyl (C=O) groups excluding carboxylic acids is 1. The third kappa shape index (κ3) is 2.61. The van der Waals surface area contributed by atoms with Gasteiger partial charge in [-0.1, -0.05) is 42.2 Å². The highest BCUT2D eigenvalue weighted by Crippen LogP contribution is 2.42. The van der Waals surface area contributed by atoms with Crippen LogP contribution in [0.3, 0.4) is 0 Å². The Labute approximate surface area is 121 Å². The van der Waals surface area contributed by atoms with E-state index in [0.29, 0.717) is 4.32 Å². The van der Waals surface area contributed by atoms with Gasteiger partial charge in [-0.05, 0) is 26.0 Å². The summed E-state index contributed by atoms with van der Waals surface area (Å²) in [7, 11) is 0. The number of aliphatic hydroxyl groups is 1. The van der Waals surface area contributed by atoms with Gasteiger partial charge in [0.1, 0.15) is 4.32 Å². The molecule has 1 aromatic carbocycles. The van der Waals surface area contributed by atoms with Crippen LogP contribution in [0.25, 0.3) is 0 Å². The van der Waals surface area contributed by atoms with Gasteiger partial charge >= 0.3 is 5.97 Å². The lowest BCUT2D eigenvalue weighted by atomic mass is 10.1. The maximum atomic E-state index is 11.9. The Bertz CT molecular complexity index is 490. The van der Waals surface area contributed by atoms with Crippen LogP contribution in [-0.4, -0.2) is 33.0 Å². The molecule has 0 amide bonds. The molecule has 1 aliphatic rings. The minimum atomic E-state index is -1.39. The highest BCUT2D eigenvalue weighted by molar-refractivity contribution is 8.24. The quantitative estimate of drug-likeness (QED) is 0.681. The summed E-state index contributed by atoms with van der Waals surface area (Å²) in [4.78, 5) is 13.5. The molecule has 19 heavy (non-hydrogen) atoms. The SMILES string of the molecule is CCOC(=O)C1SC(=S)N(c2ccccc2)C1(C)O. The van der Waals surface area contributed by atoms with E-state index in [1.807, 2.05) is 30.3 Å². The number of para-hydroxylation sites is 1. The van der Waals surface area contributed by atoms with Crippen LogP contribution in [0.2, 0.25) is 0 Å². The molecular formula is C13H15NO3S2. The number of hydrogen-bond acceptors (Lipinski definition) is 5. The van der Waals surface area contributed by atoms with E-state index in [4.69, 9.17) is 17.0 Å². The third-order valence-electron chi connectivity index (χ3n) is 2.87. The number of carbonyl (C=O) groups is 1. The summed E-state index contributed by atoms with van der Waals surface area (Å²) in [5.74, 6) is -0.446. The van der Waals surface area contributed by atoms with Crippen LogP contribution in [0.1, 0.15) is 13.8 Å². The van der Waals surface area contributed by atoms with E-state index >= 15 is 0 Å². The normalized spacial score (nSPS) is 26.6. The van der Waals surface area contributed by atoms with Crippen LogP contribution in [0.15, 0.2) is 30.3 Å². The van der Waals surface area contributed by atoms with Gasteiger partial charge in [-0.2, -0.15) is 0 Å². The van der Waals surface area contributed by atoms with Gasteiger partial charge in [0.2, 0.25) is 0 Å². The molecule has 6 heteroatoms. The van der Waals surface area contributed by atoms with Crippen molar-refractivity contribution >= 4 is 40.0 Å². The van der Waals surface area contributed by atoms with Crippen molar-refractivity contribution < 1.29 is 14.6 Å². The van der Waals surface area contributed by atoms with Crippen molar-refractivity contribution in [3.8, 4) is 0 Å². The minimum Gasteiger partial charge on any atom is -0.465 e. The van der Waals surface area contributed by atoms with E-state index < -0.39 is 16.9 Å². The first-order chi connectivity index (χ1) is 8.98. The Morgan fingerprint density at radius 1 is 1.53 bits per heavy atom. The van der Waals surface area contributed by atoms with Crippen molar-refractivity contribution in [2.45, 2.75) is 24.8 Å².